The first-order valence-electron chi connectivity index (χ1n) is 4.26. The molecule has 1 unspecified atom stereocenters. The lowest BCUT2D eigenvalue weighted by Gasteiger charge is -2.07. The summed E-state index contributed by atoms with van der Waals surface area (Å²) in [7, 11) is 1.54. The van der Waals surface area contributed by atoms with E-state index < -0.39 is 0 Å². The summed E-state index contributed by atoms with van der Waals surface area (Å²) in [6.07, 6.45) is 0.822. The van der Waals surface area contributed by atoms with Gasteiger partial charge in [0.2, 0.25) is 0 Å². The number of methoxy groups -OCH3 is 1. The van der Waals surface area contributed by atoms with Gasteiger partial charge in [-0.05, 0) is 17.7 Å². The quantitative estimate of drug-likeness (QED) is 0.682. The van der Waals surface area contributed by atoms with Crippen LogP contribution in [0.15, 0.2) is 18.2 Å². The monoisotopic (exact) mass is 189 g/mol. The first-order valence-corrected chi connectivity index (χ1v) is 4.26. The van der Waals surface area contributed by atoms with Crippen molar-refractivity contribution in [3.63, 3.8) is 0 Å². The van der Waals surface area contributed by atoms with Crippen LogP contribution >= 0.6 is 0 Å². The van der Waals surface area contributed by atoms with Crippen molar-refractivity contribution < 1.29 is 9.53 Å². The van der Waals surface area contributed by atoms with Crippen LogP contribution in [0.1, 0.15) is 24.0 Å². The van der Waals surface area contributed by atoms with E-state index in [4.69, 9.17) is 10.00 Å². The van der Waals surface area contributed by atoms with Gasteiger partial charge in [0, 0.05) is 5.92 Å². The molecule has 0 aliphatic heterocycles. The third kappa shape index (κ3) is 1.91. The number of hydrogen-bond donors (Lipinski definition) is 0. The lowest BCUT2D eigenvalue weighted by atomic mass is 9.97. The van der Waals surface area contributed by atoms with Crippen molar-refractivity contribution in [1.82, 2.24) is 0 Å². The highest BCUT2D eigenvalue weighted by atomic mass is 16.5. The molecule has 14 heavy (non-hydrogen) atoms. The third-order valence-corrected chi connectivity index (χ3v) is 2.08. The third-order valence-electron chi connectivity index (χ3n) is 2.08. The molecule has 0 aliphatic carbocycles. The molecule has 0 saturated heterocycles. The number of carbonyl (C=O) groups excluding carboxylic acids is 1. The van der Waals surface area contributed by atoms with Crippen LogP contribution in [0.3, 0.4) is 0 Å². The molecule has 1 rings (SSSR count). The Kier molecular flexibility index (Phi) is 3.24. The van der Waals surface area contributed by atoms with Crippen LogP contribution in [0.4, 0.5) is 0 Å². The molecule has 0 N–H and O–H groups in total. The van der Waals surface area contributed by atoms with Gasteiger partial charge >= 0.3 is 0 Å². The molecule has 1 atom stereocenters. The van der Waals surface area contributed by atoms with Crippen LogP contribution in [0.2, 0.25) is 0 Å². The van der Waals surface area contributed by atoms with E-state index in [9.17, 15) is 4.79 Å². The summed E-state index contributed by atoms with van der Waals surface area (Å²) in [5.74, 6) is 0.374. The van der Waals surface area contributed by atoms with Crippen LogP contribution < -0.4 is 4.74 Å². The van der Waals surface area contributed by atoms with E-state index in [1.54, 1.807) is 32.2 Å². The Morgan fingerprint density at radius 3 is 2.79 bits per heavy atom. The zero-order valence-corrected chi connectivity index (χ0v) is 8.15. The summed E-state index contributed by atoms with van der Waals surface area (Å²) in [6, 6.07) is 7.17. The lowest BCUT2D eigenvalue weighted by molar-refractivity contribution is -0.108. The fourth-order valence-corrected chi connectivity index (χ4v) is 1.23. The minimum absolute atomic E-state index is 0.254. The molecule has 3 heteroatoms. The molecule has 0 aromatic heterocycles. The first-order chi connectivity index (χ1) is 6.72. The molecule has 1 aromatic carbocycles. The average molecular weight is 189 g/mol. The number of carbonyl (C=O) groups is 1. The fraction of sp³-hybridized carbons (Fsp3) is 0.273. The van der Waals surface area contributed by atoms with E-state index in [2.05, 4.69) is 0 Å². The second-order valence-electron chi connectivity index (χ2n) is 2.99. The maximum Gasteiger partial charge on any atom is 0.127 e. The predicted octanol–water partition coefficient (Wildman–Crippen LogP) is 1.87. The standard InChI is InChI=1S/C11H11NO2/c1-8(7-13)11-4-3-10(14-2)5-9(11)6-12/h3-5,7-8H,1-2H3. The van der Waals surface area contributed by atoms with E-state index in [-0.39, 0.29) is 5.92 Å². The summed E-state index contributed by atoms with van der Waals surface area (Å²) >= 11 is 0. The van der Waals surface area contributed by atoms with Gasteiger partial charge in [-0.25, -0.2) is 0 Å². The zero-order chi connectivity index (χ0) is 10.6. The van der Waals surface area contributed by atoms with Gasteiger partial charge in [0.05, 0.1) is 18.7 Å². The predicted molar refractivity (Wildman–Crippen MR) is 52.2 cm³/mol. The number of rotatable bonds is 3. The molecule has 72 valence electrons. The van der Waals surface area contributed by atoms with Gasteiger partial charge in [0.25, 0.3) is 0 Å². The van der Waals surface area contributed by atoms with Gasteiger partial charge in [-0.3, -0.25) is 0 Å². The molecule has 0 heterocycles. The lowest BCUT2D eigenvalue weighted by Crippen LogP contribution is -1.98. The molecule has 0 radical (unpaired) electrons. The van der Waals surface area contributed by atoms with E-state index in [0.717, 1.165) is 11.8 Å². The number of nitrogens with zero attached hydrogens (tertiary/aromatic N) is 1. The van der Waals surface area contributed by atoms with Crippen LogP contribution in [0, 0.1) is 11.3 Å². The average Bonchev–Trinajstić information content (AvgIpc) is 2.27. The van der Waals surface area contributed by atoms with Crippen molar-refractivity contribution in [3.05, 3.63) is 29.3 Å². The summed E-state index contributed by atoms with van der Waals surface area (Å²) in [6.45, 7) is 1.76. The van der Waals surface area contributed by atoms with E-state index in [1.807, 2.05) is 6.07 Å². The number of hydrogen-bond acceptors (Lipinski definition) is 3. The van der Waals surface area contributed by atoms with Crippen LogP contribution in [-0.2, 0) is 4.79 Å². The van der Waals surface area contributed by atoms with Crippen molar-refractivity contribution in [2.75, 3.05) is 7.11 Å². The molecule has 0 amide bonds. The number of benzene rings is 1. The Bertz CT molecular complexity index is 379. The topological polar surface area (TPSA) is 50.1 Å². The van der Waals surface area contributed by atoms with Gasteiger partial charge in [-0.1, -0.05) is 13.0 Å². The molecule has 3 nitrogen and oxygen atoms in total. The van der Waals surface area contributed by atoms with Gasteiger partial charge in [0.1, 0.15) is 12.0 Å². The summed E-state index contributed by atoms with van der Waals surface area (Å²) < 4.78 is 4.99. The Hall–Kier alpha value is -1.82. The minimum atomic E-state index is -0.254. The van der Waals surface area contributed by atoms with Crippen molar-refractivity contribution >= 4 is 6.29 Å². The van der Waals surface area contributed by atoms with Gasteiger partial charge in [-0.2, -0.15) is 5.26 Å². The van der Waals surface area contributed by atoms with Crippen LogP contribution in [-0.4, -0.2) is 13.4 Å². The van der Waals surface area contributed by atoms with Crippen molar-refractivity contribution in [1.29, 1.82) is 5.26 Å². The highest BCUT2D eigenvalue weighted by molar-refractivity contribution is 5.64. The van der Waals surface area contributed by atoms with Crippen molar-refractivity contribution in [2.24, 2.45) is 0 Å². The van der Waals surface area contributed by atoms with Gasteiger partial charge < -0.3 is 9.53 Å². The van der Waals surface area contributed by atoms with E-state index in [0.29, 0.717) is 11.3 Å². The van der Waals surface area contributed by atoms with Gasteiger partial charge in [0.15, 0.2) is 0 Å². The second kappa shape index (κ2) is 4.43. The molecule has 0 bridgehead atoms. The van der Waals surface area contributed by atoms with Crippen molar-refractivity contribution in [2.45, 2.75) is 12.8 Å². The fourth-order valence-electron chi connectivity index (χ4n) is 1.23. The molecule has 0 fully saturated rings. The largest absolute Gasteiger partial charge is 0.497 e. The smallest absolute Gasteiger partial charge is 0.127 e. The first kappa shape index (κ1) is 10.3. The molecular formula is C11H11NO2. The molecule has 0 saturated carbocycles. The van der Waals surface area contributed by atoms with E-state index in [1.165, 1.54) is 0 Å². The Balaban J connectivity index is 3.19. The summed E-state index contributed by atoms with van der Waals surface area (Å²) in [4.78, 5) is 10.6. The Labute approximate surface area is 82.9 Å². The second-order valence-corrected chi connectivity index (χ2v) is 2.99. The number of ether oxygens (including phenoxy) is 1. The summed E-state index contributed by atoms with van der Waals surface area (Å²) in [5, 5.41) is 8.86. The van der Waals surface area contributed by atoms with Crippen LogP contribution in [0.5, 0.6) is 5.75 Å². The number of aldehydes is 1. The number of nitriles is 1. The molecule has 0 spiro atoms. The highest BCUT2D eigenvalue weighted by Crippen LogP contribution is 2.22. The van der Waals surface area contributed by atoms with Crippen molar-refractivity contribution in [3.8, 4) is 11.8 Å². The van der Waals surface area contributed by atoms with Crippen LogP contribution in [0.25, 0.3) is 0 Å². The maximum atomic E-state index is 10.6. The SMILES string of the molecule is COc1ccc(C(C)C=O)c(C#N)c1. The Morgan fingerprint density at radius 1 is 1.57 bits per heavy atom. The van der Waals surface area contributed by atoms with Gasteiger partial charge in [-0.15, -0.1) is 0 Å². The maximum absolute atomic E-state index is 10.6. The molecule has 0 aliphatic rings. The minimum Gasteiger partial charge on any atom is -0.497 e. The van der Waals surface area contributed by atoms with E-state index >= 15 is 0 Å². The summed E-state index contributed by atoms with van der Waals surface area (Å²) in [5.41, 5.74) is 1.23. The normalized spacial score (nSPS) is 11.5. The molecule has 1 aromatic rings. The Morgan fingerprint density at radius 2 is 2.29 bits per heavy atom. The highest BCUT2D eigenvalue weighted by Gasteiger charge is 2.10. The zero-order valence-electron chi connectivity index (χ0n) is 8.15. The molecular weight excluding hydrogens is 178 g/mol.